The fraction of sp³-hybridized carbons (Fsp3) is 0.273. The van der Waals surface area contributed by atoms with E-state index in [-0.39, 0.29) is 0 Å². The van der Waals surface area contributed by atoms with Crippen LogP contribution in [0.2, 0.25) is 0 Å². The number of rotatable bonds is 5. The van der Waals surface area contributed by atoms with E-state index in [1.54, 1.807) is 12.1 Å². The van der Waals surface area contributed by atoms with Crippen LogP contribution in [-0.2, 0) is 16.1 Å². The molecule has 1 amide bonds. The Morgan fingerprint density at radius 1 is 1.31 bits per heavy atom. The van der Waals surface area contributed by atoms with Crippen molar-refractivity contribution in [2.75, 3.05) is 6.61 Å². The van der Waals surface area contributed by atoms with Gasteiger partial charge in [0.2, 0.25) is 0 Å². The van der Waals surface area contributed by atoms with Crippen LogP contribution < -0.4 is 5.48 Å². The average molecular weight is 223 g/mol. The summed E-state index contributed by atoms with van der Waals surface area (Å²) in [6, 6.07) is 7.01. The Labute approximate surface area is 93.0 Å². The molecule has 0 bridgehead atoms. The van der Waals surface area contributed by atoms with Gasteiger partial charge in [0, 0.05) is 5.56 Å². The fourth-order valence-corrected chi connectivity index (χ4v) is 1.11. The van der Waals surface area contributed by atoms with Crippen LogP contribution in [0.15, 0.2) is 24.3 Å². The van der Waals surface area contributed by atoms with Gasteiger partial charge < -0.3 is 5.11 Å². The van der Waals surface area contributed by atoms with E-state index in [9.17, 15) is 9.59 Å². The lowest BCUT2D eigenvalue weighted by Crippen LogP contribution is -2.26. The zero-order valence-electron chi connectivity index (χ0n) is 8.90. The molecule has 0 fully saturated rings. The smallest absolute Gasteiger partial charge is 0.332 e. The predicted octanol–water partition coefficient (Wildman–Crippen LogP) is 0.995. The molecule has 0 aliphatic rings. The van der Waals surface area contributed by atoms with Crippen molar-refractivity contribution in [3.8, 4) is 0 Å². The van der Waals surface area contributed by atoms with Gasteiger partial charge in [-0.2, -0.15) is 0 Å². The van der Waals surface area contributed by atoms with E-state index in [0.717, 1.165) is 12.0 Å². The summed E-state index contributed by atoms with van der Waals surface area (Å²) < 4.78 is 0. The summed E-state index contributed by atoms with van der Waals surface area (Å²) in [5.74, 6) is -1.59. The lowest BCUT2D eigenvalue weighted by Gasteiger charge is -2.04. The third-order valence-corrected chi connectivity index (χ3v) is 1.98. The number of carboxylic acids is 1. The van der Waals surface area contributed by atoms with Gasteiger partial charge in [0.25, 0.3) is 5.91 Å². The zero-order valence-corrected chi connectivity index (χ0v) is 8.90. The van der Waals surface area contributed by atoms with Crippen molar-refractivity contribution in [2.45, 2.75) is 13.3 Å². The number of benzene rings is 1. The number of hydrogen-bond donors (Lipinski definition) is 2. The van der Waals surface area contributed by atoms with E-state index in [2.05, 4.69) is 4.84 Å². The Bertz CT molecular complexity index is 372. The fourth-order valence-electron chi connectivity index (χ4n) is 1.11. The molecule has 0 heterocycles. The molecule has 1 rings (SSSR count). The molecule has 0 spiro atoms. The molecule has 2 N–H and O–H groups in total. The molecule has 5 nitrogen and oxygen atoms in total. The van der Waals surface area contributed by atoms with Crippen LogP contribution >= 0.6 is 0 Å². The number of aryl methyl sites for hydroxylation is 1. The summed E-state index contributed by atoms with van der Waals surface area (Å²) in [6.45, 7) is 1.46. The van der Waals surface area contributed by atoms with E-state index >= 15 is 0 Å². The van der Waals surface area contributed by atoms with Crippen molar-refractivity contribution in [3.63, 3.8) is 0 Å². The maximum absolute atomic E-state index is 11.4. The molecular weight excluding hydrogens is 210 g/mol. The highest BCUT2D eigenvalue weighted by molar-refractivity contribution is 5.93. The highest BCUT2D eigenvalue weighted by Gasteiger charge is 2.05. The molecule has 0 saturated carbocycles. The van der Waals surface area contributed by atoms with Gasteiger partial charge in [-0.1, -0.05) is 19.1 Å². The Hall–Kier alpha value is -1.88. The second-order valence-corrected chi connectivity index (χ2v) is 3.16. The molecule has 0 aromatic heterocycles. The summed E-state index contributed by atoms with van der Waals surface area (Å²) in [6.07, 6.45) is 0.900. The van der Waals surface area contributed by atoms with Crippen molar-refractivity contribution < 1.29 is 19.5 Å². The monoisotopic (exact) mass is 223 g/mol. The van der Waals surface area contributed by atoms with Gasteiger partial charge in [0.1, 0.15) is 0 Å². The lowest BCUT2D eigenvalue weighted by atomic mass is 10.1. The lowest BCUT2D eigenvalue weighted by molar-refractivity contribution is -0.144. The van der Waals surface area contributed by atoms with Crippen LogP contribution in [0.5, 0.6) is 0 Å². The first-order valence-corrected chi connectivity index (χ1v) is 4.86. The first kappa shape index (κ1) is 12.2. The van der Waals surface area contributed by atoms with Gasteiger partial charge >= 0.3 is 5.97 Å². The molecule has 1 aromatic rings. The molecule has 0 radical (unpaired) electrons. The van der Waals surface area contributed by atoms with E-state index in [1.807, 2.05) is 24.5 Å². The Morgan fingerprint density at radius 3 is 2.44 bits per heavy atom. The predicted molar refractivity (Wildman–Crippen MR) is 56.9 cm³/mol. The van der Waals surface area contributed by atoms with Gasteiger partial charge in [-0.3, -0.25) is 9.63 Å². The summed E-state index contributed by atoms with van der Waals surface area (Å²) in [5.41, 5.74) is 3.61. The minimum Gasteiger partial charge on any atom is -0.479 e. The average Bonchev–Trinajstić information content (AvgIpc) is 2.28. The van der Waals surface area contributed by atoms with Crippen LogP contribution in [0.3, 0.4) is 0 Å². The molecule has 0 aliphatic heterocycles. The molecule has 16 heavy (non-hydrogen) atoms. The summed E-state index contributed by atoms with van der Waals surface area (Å²) in [4.78, 5) is 26.0. The van der Waals surface area contributed by atoms with Gasteiger partial charge in [-0.25, -0.2) is 10.3 Å². The minimum absolute atomic E-state index is 0.433. The van der Waals surface area contributed by atoms with E-state index in [4.69, 9.17) is 5.11 Å². The second kappa shape index (κ2) is 5.87. The number of nitrogens with one attached hydrogen (secondary N) is 1. The molecular formula is C11H13NO4. The highest BCUT2D eigenvalue weighted by atomic mass is 16.7. The molecule has 86 valence electrons. The number of hydroxylamine groups is 1. The van der Waals surface area contributed by atoms with E-state index in [0.29, 0.717) is 5.56 Å². The van der Waals surface area contributed by atoms with Crippen molar-refractivity contribution in [1.29, 1.82) is 0 Å². The Morgan fingerprint density at radius 2 is 1.94 bits per heavy atom. The first-order chi connectivity index (χ1) is 7.63. The Balaban J connectivity index is 2.49. The molecule has 0 aliphatic carbocycles. The number of hydrogen-bond acceptors (Lipinski definition) is 3. The highest BCUT2D eigenvalue weighted by Crippen LogP contribution is 2.04. The number of aliphatic carboxylic acids is 1. The SMILES string of the molecule is CCc1ccc(C(=O)NOCC(=O)O)cc1. The number of carboxylic acid groups (broad SMARTS) is 1. The first-order valence-electron chi connectivity index (χ1n) is 4.86. The summed E-state index contributed by atoms with van der Waals surface area (Å²) in [5, 5.41) is 8.29. The normalized spacial score (nSPS) is 9.81. The summed E-state index contributed by atoms with van der Waals surface area (Å²) in [7, 11) is 0. The van der Waals surface area contributed by atoms with Gasteiger partial charge in [0.15, 0.2) is 6.61 Å². The van der Waals surface area contributed by atoms with Crippen molar-refractivity contribution in [2.24, 2.45) is 0 Å². The standard InChI is InChI=1S/C11H13NO4/c1-2-8-3-5-9(6-4-8)11(15)12-16-7-10(13)14/h3-6H,2,7H2,1H3,(H,12,15)(H,13,14). The maximum Gasteiger partial charge on any atom is 0.332 e. The van der Waals surface area contributed by atoms with Crippen LogP contribution in [0.25, 0.3) is 0 Å². The second-order valence-electron chi connectivity index (χ2n) is 3.16. The molecule has 0 atom stereocenters. The molecule has 0 unspecified atom stereocenters. The third-order valence-electron chi connectivity index (χ3n) is 1.98. The third kappa shape index (κ3) is 3.70. The van der Waals surface area contributed by atoms with E-state index in [1.165, 1.54) is 0 Å². The van der Waals surface area contributed by atoms with Gasteiger partial charge in [-0.15, -0.1) is 0 Å². The molecule has 5 heteroatoms. The largest absolute Gasteiger partial charge is 0.479 e. The minimum atomic E-state index is -1.14. The van der Waals surface area contributed by atoms with Crippen molar-refractivity contribution >= 4 is 11.9 Å². The maximum atomic E-state index is 11.4. The van der Waals surface area contributed by atoms with Crippen LogP contribution in [0.1, 0.15) is 22.8 Å². The Kier molecular flexibility index (Phi) is 4.47. The van der Waals surface area contributed by atoms with Gasteiger partial charge in [-0.05, 0) is 24.1 Å². The number of carbonyl (C=O) groups is 2. The van der Waals surface area contributed by atoms with Crippen LogP contribution in [0, 0.1) is 0 Å². The van der Waals surface area contributed by atoms with Crippen molar-refractivity contribution in [3.05, 3.63) is 35.4 Å². The van der Waals surface area contributed by atoms with Crippen LogP contribution in [-0.4, -0.2) is 23.6 Å². The number of carbonyl (C=O) groups excluding carboxylic acids is 1. The molecule has 1 aromatic carbocycles. The molecule has 0 saturated heterocycles. The number of amides is 1. The topological polar surface area (TPSA) is 75.6 Å². The summed E-state index contributed by atoms with van der Waals surface area (Å²) >= 11 is 0. The van der Waals surface area contributed by atoms with Crippen molar-refractivity contribution in [1.82, 2.24) is 5.48 Å². The van der Waals surface area contributed by atoms with Crippen LogP contribution in [0.4, 0.5) is 0 Å². The van der Waals surface area contributed by atoms with E-state index < -0.39 is 18.5 Å². The zero-order chi connectivity index (χ0) is 12.0. The quantitative estimate of drug-likeness (QED) is 0.730. The van der Waals surface area contributed by atoms with Gasteiger partial charge in [0.05, 0.1) is 0 Å².